The molecular weight excluding hydrogens is 246 g/mol. The maximum absolute atomic E-state index is 4.57. The van der Waals surface area contributed by atoms with Crippen molar-refractivity contribution in [2.45, 2.75) is 11.1 Å². The lowest BCUT2D eigenvalue weighted by molar-refractivity contribution is 1.22. The van der Waals surface area contributed by atoms with E-state index in [-0.39, 0.29) is 0 Å². The summed E-state index contributed by atoms with van der Waals surface area (Å²) in [6.45, 7) is 1.99. The van der Waals surface area contributed by atoms with Crippen LogP contribution >= 0.6 is 24.0 Å². The quantitative estimate of drug-likeness (QED) is 0.630. The van der Waals surface area contributed by atoms with E-state index in [9.17, 15) is 0 Å². The maximum Gasteiger partial charge on any atom is 0.125 e. The van der Waals surface area contributed by atoms with Crippen LogP contribution in [0, 0.1) is 6.92 Å². The van der Waals surface area contributed by atoms with Crippen molar-refractivity contribution in [2.75, 3.05) is 0 Å². The van der Waals surface area contributed by atoms with Gasteiger partial charge in [-0.1, -0.05) is 42.5 Å². The van der Waals surface area contributed by atoms with Gasteiger partial charge in [0.15, 0.2) is 0 Å². The molecule has 17 heavy (non-hydrogen) atoms. The molecule has 84 valence electrons. The first kappa shape index (κ1) is 10.8. The predicted octanol–water partition coefficient (Wildman–Crippen LogP) is 4.56. The lowest BCUT2D eigenvalue weighted by atomic mass is 10.1. The zero-order chi connectivity index (χ0) is 11.8. The molecule has 0 fully saturated rings. The molecule has 0 saturated carbocycles. The molecule has 1 heterocycles. The van der Waals surface area contributed by atoms with Crippen molar-refractivity contribution in [1.29, 1.82) is 0 Å². The van der Waals surface area contributed by atoms with Gasteiger partial charge in [-0.25, -0.2) is 4.98 Å². The lowest BCUT2D eigenvalue weighted by Crippen LogP contribution is -1.80. The smallest absolute Gasteiger partial charge is 0.125 e. The highest BCUT2D eigenvalue weighted by Gasteiger charge is 2.09. The van der Waals surface area contributed by atoms with Crippen LogP contribution in [-0.2, 0) is 0 Å². The van der Waals surface area contributed by atoms with Crippen LogP contribution in [0.25, 0.3) is 21.3 Å². The van der Waals surface area contributed by atoms with Crippen LogP contribution in [-0.4, -0.2) is 4.98 Å². The molecule has 0 spiro atoms. The summed E-state index contributed by atoms with van der Waals surface area (Å²) in [4.78, 5) is 4.57. The first-order valence-corrected chi connectivity index (χ1v) is 6.66. The molecule has 0 amide bonds. The molecule has 3 rings (SSSR count). The normalized spacial score (nSPS) is 10.9. The number of benzene rings is 2. The van der Waals surface area contributed by atoms with Crippen LogP contribution < -0.4 is 0 Å². The van der Waals surface area contributed by atoms with Crippen LogP contribution in [0.4, 0.5) is 0 Å². The Morgan fingerprint density at radius 2 is 1.82 bits per heavy atom. The first-order chi connectivity index (χ1) is 8.25. The molecule has 0 radical (unpaired) electrons. The van der Waals surface area contributed by atoms with Crippen molar-refractivity contribution < 1.29 is 0 Å². The fourth-order valence-electron chi connectivity index (χ4n) is 1.92. The molecule has 0 saturated heterocycles. The monoisotopic (exact) mass is 257 g/mol. The van der Waals surface area contributed by atoms with Gasteiger partial charge < -0.3 is 0 Å². The second-order valence-electron chi connectivity index (χ2n) is 3.94. The van der Waals surface area contributed by atoms with Crippen LogP contribution in [0.3, 0.4) is 0 Å². The highest BCUT2D eigenvalue weighted by molar-refractivity contribution is 7.83. The molecule has 2 aromatic carbocycles. The largest absolute Gasteiger partial charge is 0.240 e. The Labute approximate surface area is 110 Å². The van der Waals surface area contributed by atoms with Crippen LogP contribution in [0.1, 0.15) is 5.69 Å². The van der Waals surface area contributed by atoms with E-state index >= 15 is 0 Å². The number of nitrogens with zero attached hydrogens (tertiary/aromatic N) is 1. The van der Waals surface area contributed by atoms with Gasteiger partial charge in [-0.2, -0.15) is 0 Å². The first-order valence-electron chi connectivity index (χ1n) is 5.40. The molecule has 0 aliphatic heterocycles. The third-order valence-electron chi connectivity index (χ3n) is 2.79. The summed E-state index contributed by atoms with van der Waals surface area (Å²) >= 11 is 6.05. The van der Waals surface area contributed by atoms with Gasteiger partial charge in [-0.3, -0.25) is 0 Å². The number of thiol groups is 1. The zero-order valence-corrected chi connectivity index (χ0v) is 11.1. The Hall–Kier alpha value is -1.32. The predicted molar refractivity (Wildman–Crippen MR) is 77.0 cm³/mol. The SMILES string of the molecule is Cc1nc(-c2cccc3ccccc23)sc1S. The molecule has 1 nitrogen and oxygen atoms in total. The molecule has 0 aliphatic carbocycles. The summed E-state index contributed by atoms with van der Waals surface area (Å²) in [6.07, 6.45) is 0. The van der Waals surface area contributed by atoms with E-state index < -0.39 is 0 Å². The number of aryl methyl sites for hydroxylation is 1. The highest BCUT2D eigenvalue weighted by Crippen LogP contribution is 2.34. The summed E-state index contributed by atoms with van der Waals surface area (Å²) in [5, 5.41) is 3.54. The fraction of sp³-hybridized carbons (Fsp3) is 0.0714. The highest BCUT2D eigenvalue weighted by atomic mass is 32.2. The topological polar surface area (TPSA) is 12.9 Å². The molecule has 0 bridgehead atoms. The number of rotatable bonds is 1. The van der Waals surface area contributed by atoms with E-state index in [4.69, 9.17) is 0 Å². The van der Waals surface area contributed by atoms with Crippen molar-refractivity contribution in [1.82, 2.24) is 4.98 Å². The fourth-order valence-corrected chi connectivity index (χ4v) is 3.07. The third kappa shape index (κ3) is 1.85. The van der Waals surface area contributed by atoms with Crippen molar-refractivity contribution >= 4 is 34.7 Å². The van der Waals surface area contributed by atoms with E-state index in [0.29, 0.717) is 0 Å². The van der Waals surface area contributed by atoms with Gasteiger partial charge in [0.2, 0.25) is 0 Å². The second kappa shape index (κ2) is 4.17. The molecule has 0 N–H and O–H groups in total. The number of hydrogen-bond acceptors (Lipinski definition) is 3. The van der Waals surface area contributed by atoms with E-state index in [0.717, 1.165) is 14.9 Å². The average molecular weight is 257 g/mol. The Morgan fingerprint density at radius 1 is 1.06 bits per heavy atom. The zero-order valence-electron chi connectivity index (χ0n) is 9.34. The number of thiazole rings is 1. The number of fused-ring (bicyclic) bond motifs is 1. The third-order valence-corrected chi connectivity index (χ3v) is 4.38. The molecule has 0 aliphatic rings. The minimum absolute atomic E-state index is 0.993. The Morgan fingerprint density at radius 3 is 2.59 bits per heavy atom. The molecule has 3 aromatic rings. The number of hydrogen-bond donors (Lipinski definition) is 1. The van der Waals surface area contributed by atoms with Gasteiger partial charge in [-0.15, -0.1) is 24.0 Å². The molecule has 3 heteroatoms. The molecule has 0 atom stereocenters. The Bertz CT molecular complexity index is 661. The van der Waals surface area contributed by atoms with Crippen molar-refractivity contribution in [3.8, 4) is 10.6 Å². The average Bonchev–Trinajstić information content (AvgIpc) is 2.69. The minimum Gasteiger partial charge on any atom is -0.240 e. The van der Waals surface area contributed by atoms with Gasteiger partial charge >= 0.3 is 0 Å². The van der Waals surface area contributed by atoms with Crippen molar-refractivity contribution in [2.24, 2.45) is 0 Å². The summed E-state index contributed by atoms with van der Waals surface area (Å²) in [5.41, 5.74) is 2.19. The summed E-state index contributed by atoms with van der Waals surface area (Å²) < 4.78 is 0.993. The standard InChI is InChI=1S/C14H11NS2/c1-9-14(16)17-13(15-9)12-8-4-6-10-5-2-3-7-11(10)12/h2-8,16H,1H3. The van der Waals surface area contributed by atoms with Gasteiger partial charge in [0.05, 0.1) is 9.90 Å². The van der Waals surface area contributed by atoms with Crippen LogP contribution in [0.15, 0.2) is 46.7 Å². The second-order valence-corrected chi connectivity index (χ2v) is 5.69. The van der Waals surface area contributed by atoms with Gasteiger partial charge in [-0.05, 0) is 17.7 Å². The summed E-state index contributed by atoms with van der Waals surface area (Å²) in [7, 11) is 0. The molecule has 1 aromatic heterocycles. The minimum atomic E-state index is 0.993. The van der Waals surface area contributed by atoms with E-state index in [1.165, 1.54) is 16.3 Å². The van der Waals surface area contributed by atoms with Crippen LogP contribution in [0.2, 0.25) is 0 Å². The van der Waals surface area contributed by atoms with Crippen molar-refractivity contribution in [3.63, 3.8) is 0 Å². The summed E-state index contributed by atoms with van der Waals surface area (Å²) in [6, 6.07) is 14.7. The summed E-state index contributed by atoms with van der Waals surface area (Å²) in [5.74, 6) is 0. The molecule has 0 unspecified atom stereocenters. The number of aromatic nitrogens is 1. The Kier molecular flexibility index (Phi) is 2.65. The van der Waals surface area contributed by atoms with E-state index in [2.05, 4.69) is 60.1 Å². The van der Waals surface area contributed by atoms with Gasteiger partial charge in [0.25, 0.3) is 0 Å². The lowest BCUT2D eigenvalue weighted by Gasteiger charge is -2.02. The van der Waals surface area contributed by atoms with Crippen LogP contribution in [0.5, 0.6) is 0 Å². The molecular formula is C14H11NS2. The van der Waals surface area contributed by atoms with Gasteiger partial charge in [0.1, 0.15) is 5.01 Å². The van der Waals surface area contributed by atoms with E-state index in [1.54, 1.807) is 11.3 Å². The Balaban J connectivity index is 2.30. The van der Waals surface area contributed by atoms with E-state index in [1.807, 2.05) is 6.92 Å². The van der Waals surface area contributed by atoms with Gasteiger partial charge in [0, 0.05) is 5.56 Å². The van der Waals surface area contributed by atoms with Crippen molar-refractivity contribution in [3.05, 3.63) is 48.2 Å². The maximum atomic E-state index is 4.57.